The van der Waals surface area contributed by atoms with E-state index in [1.807, 2.05) is 11.3 Å². The number of rotatable bonds is 2. The van der Waals surface area contributed by atoms with Crippen molar-refractivity contribution < 1.29 is 0 Å². The van der Waals surface area contributed by atoms with Gasteiger partial charge in [-0.1, -0.05) is 84.9 Å². The van der Waals surface area contributed by atoms with Crippen molar-refractivity contribution in [3.63, 3.8) is 0 Å². The lowest BCUT2D eigenvalue weighted by atomic mass is 10.00. The maximum absolute atomic E-state index is 2.43. The van der Waals surface area contributed by atoms with Gasteiger partial charge in [0.25, 0.3) is 0 Å². The van der Waals surface area contributed by atoms with E-state index in [0.717, 1.165) is 0 Å². The highest BCUT2D eigenvalue weighted by Crippen LogP contribution is 2.40. The fourth-order valence-electron chi connectivity index (χ4n) is 6.38. The van der Waals surface area contributed by atoms with Crippen LogP contribution >= 0.6 is 11.3 Å². The molecule has 0 radical (unpaired) electrons. The standard InChI is InChI=1S/C38H23NS/c1-2-8-25-19-30(16-13-24(25)7-1)39-35-17-14-28(21-32(35)33-20-26-9-3-4-10-27(26)23-36(33)39)29-15-18-38-34(22-29)31-11-5-6-12-37(31)40-38/h1-23H. The normalized spacial score (nSPS) is 12.0. The van der Waals surface area contributed by atoms with Gasteiger partial charge < -0.3 is 4.57 Å². The summed E-state index contributed by atoms with van der Waals surface area (Å²) in [4.78, 5) is 0. The Labute approximate surface area is 235 Å². The number of aromatic nitrogens is 1. The van der Waals surface area contributed by atoms with E-state index in [9.17, 15) is 0 Å². The van der Waals surface area contributed by atoms with E-state index in [1.165, 1.54) is 80.3 Å². The lowest BCUT2D eigenvalue weighted by molar-refractivity contribution is 1.19. The molecular formula is C38H23NS. The zero-order chi connectivity index (χ0) is 26.2. The van der Waals surface area contributed by atoms with Crippen LogP contribution in [0.4, 0.5) is 0 Å². The summed E-state index contributed by atoms with van der Waals surface area (Å²) in [5.41, 5.74) is 6.15. The molecule has 7 aromatic carbocycles. The third-order valence-corrected chi connectivity index (χ3v) is 9.49. The molecule has 1 nitrogen and oxygen atoms in total. The Balaban J connectivity index is 1.33. The molecule has 9 rings (SSSR count). The second-order valence-electron chi connectivity index (χ2n) is 10.6. The van der Waals surface area contributed by atoms with E-state index in [4.69, 9.17) is 0 Å². The molecule has 9 aromatic rings. The molecule has 0 saturated carbocycles. The average Bonchev–Trinajstić information content (AvgIpc) is 3.54. The summed E-state index contributed by atoms with van der Waals surface area (Å²) in [6.45, 7) is 0. The van der Waals surface area contributed by atoms with Crippen LogP contribution in [0.15, 0.2) is 140 Å². The maximum Gasteiger partial charge on any atom is 0.0547 e. The van der Waals surface area contributed by atoms with Crippen LogP contribution in [0.1, 0.15) is 0 Å². The number of fused-ring (bicyclic) bond motifs is 8. The number of thiophene rings is 1. The molecule has 2 heteroatoms. The Morgan fingerprint density at radius 3 is 1.85 bits per heavy atom. The quantitative estimate of drug-likeness (QED) is 0.211. The van der Waals surface area contributed by atoms with E-state index in [1.54, 1.807) is 0 Å². The molecule has 0 aliphatic carbocycles. The number of nitrogens with zero attached hydrogens (tertiary/aromatic N) is 1. The van der Waals surface area contributed by atoms with Crippen molar-refractivity contribution in [2.24, 2.45) is 0 Å². The summed E-state index contributed by atoms with van der Waals surface area (Å²) in [7, 11) is 0. The molecular weight excluding hydrogens is 502 g/mol. The van der Waals surface area contributed by atoms with Crippen LogP contribution in [0, 0.1) is 0 Å². The second-order valence-corrected chi connectivity index (χ2v) is 11.7. The summed E-state index contributed by atoms with van der Waals surface area (Å²) in [5.74, 6) is 0. The average molecular weight is 526 g/mol. The van der Waals surface area contributed by atoms with E-state index < -0.39 is 0 Å². The highest BCUT2D eigenvalue weighted by atomic mass is 32.1. The predicted molar refractivity (Wildman–Crippen MR) is 174 cm³/mol. The Morgan fingerprint density at radius 1 is 0.375 bits per heavy atom. The van der Waals surface area contributed by atoms with Crippen molar-refractivity contribution in [3.8, 4) is 16.8 Å². The van der Waals surface area contributed by atoms with Crippen molar-refractivity contribution in [3.05, 3.63) is 140 Å². The van der Waals surface area contributed by atoms with Crippen LogP contribution in [0.25, 0.3) is 80.3 Å². The first-order valence-electron chi connectivity index (χ1n) is 13.7. The molecule has 40 heavy (non-hydrogen) atoms. The molecule has 0 atom stereocenters. The van der Waals surface area contributed by atoms with Crippen molar-refractivity contribution >= 4 is 74.9 Å². The van der Waals surface area contributed by atoms with Crippen molar-refractivity contribution in [2.45, 2.75) is 0 Å². The third-order valence-electron chi connectivity index (χ3n) is 8.33. The van der Waals surface area contributed by atoms with Crippen LogP contribution < -0.4 is 0 Å². The molecule has 2 heterocycles. The molecule has 0 aliphatic heterocycles. The molecule has 186 valence electrons. The second kappa shape index (κ2) is 8.29. The van der Waals surface area contributed by atoms with Gasteiger partial charge in [-0.05, 0) is 87.3 Å². The number of hydrogen-bond acceptors (Lipinski definition) is 1. The lowest BCUT2D eigenvalue weighted by Gasteiger charge is -2.10. The van der Waals surface area contributed by atoms with Gasteiger partial charge >= 0.3 is 0 Å². The Morgan fingerprint density at radius 2 is 1.00 bits per heavy atom. The zero-order valence-corrected chi connectivity index (χ0v) is 22.5. The van der Waals surface area contributed by atoms with Gasteiger partial charge in [-0.2, -0.15) is 0 Å². The Hall–Kier alpha value is -4.92. The minimum atomic E-state index is 1.19. The van der Waals surface area contributed by atoms with Gasteiger partial charge in [0, 0.05) is 36.6 Å². The van der Waals surface area contributed by atoms with Crippen LogP contribution in [-0.2, 0) is 0 Å². The monoisotopic (exact) mass is 525 g/mol. The first kappa shape index (κ1) is 22.0. The fourth-order valence-corrected chi connectivity index (χ4v) is 7.47. The van der Waals surface area contributed by atoms with Gasteiger partial charge in [-0.3, -0.25) is 0 Å². The van der Waals surface area contributed by atoms with Gasteiger partial charge in [0.2, 0.25) is 0 Å². The van der Waals surface area contributed by atoms with Crippen LogP contribution in [0.2, 0.25) is 0 Å². The fraction of sp³-hybridized carbons (Fsp3) is 0. The number of benzene rings is 7. The highest BCUT2D eigenvalue weighted by molar-refractivity contribution is 7.25. The molecule has 0 spiro atoms. The Bertz CT molecular complexity index is 2440. The van der Waals surface area contributed by atoms with Crippen molar-refractivity contribution in [2.75, 3.05) is 0 Å². The van der Waals surface area contributed by atoms with E-state index >= 15 is 0 Å². The predicted octanol–water partition coefficient (Wildman–Crippen LogP) is 11.1. The van der Waals surface area contributed by atoms with E-state index in [0.29, 0.717) is 0 Å². The molecule has 0 aliphatic rings. The third kappa shape index (κ3) is 3.20. The van der Waals surface area contributed by atoms with Crippen molar-refractivity contribution in [1.29, 1.82) is 0 Å². The van der Waals surface area contributed by atoms with E-state index in [2.05, 4.69) is 144 Å². The zero-order valence-electron chi connectivity index (χ0n) is 21.6. The van der Waals surface area contributed by atoms with Gasteiger partial charge in [0.1, 0.15) is 0 Å². The largest absolute Gasteiger partial charge is 0.309 e. The first-order valence-corrected chi connectivity index (χ1v) is 14.5. The van der Waals surface area contributed by atoms with Gasteiger partial charge in [-0.15, -0.1) is 11.3 Å². The molecule has 0 unspecified atom stereocenters. The van der Waals surface area contributed by atoms with Crippen molar-refractivity contribution in [1.82, 2.24) is 4.57 Å². The molecule has 0 amide bonds. The van der Waals surface area contributed by atoms with Crippen LogP contribution in [-0.4, -0.2) is 4.57 Å². The first-order chi connectivity index (χ1) is 19.8. The molecule has 0 bridgehead atoms. The lowest BCUT2D eigenvalue weighted by Crippen LogP contribution is -1.94. The minimum absolute atomic E-state index is 1.19. The topological polar surface area (TPSA) is 4.93 Å². The minimum Gasteiger partial charge on any atom is -0.309 e. The molecule has 0 N–H and O–H groups in total. The molecule has 0 saturated heterocycles. The van der Waals surface area contributed by atoms with Crippen LogP contribution in [0.5, 0.6) is 0 Å². The Kier molecular flexibility index (Phi) is 4.55. The van der Waals surface area contributed by atoms with Crippen LogP contribution in [0.3, 0.4) is 0 Å². The summed E-state index contributed by atoms with van der Waals surface area (Å²) in [6.07, 6.45) is 0. The summed E-state index contributed by atoms with van der Waals surface area (Å²) in [5, 5.41) is 10.3. The maximum atomic E-state index is 2.43. The van der Waals surface area contributed by atoms with E-state index in [-0.39, 0.29) is 0 Å². The summed E-state index contributed by atoms with van der Waals surface area (Å²) < 4.78 is 5.11. The SMILES string of the molecule is c1ccc2cc(-n3c4ccc(-c5ccc6sc7ccccc7c6c5)cc4c4cc5ccccc5cc43)ccc2c1. The summed E-state index contributed by atoms with van der Waals surface area (Å²) in [6, 6.07) is 51.4. The highest BCUT2D eigenvalue weighted by Gasteiger charge is 2.15. The smallest absolute Gasteiger partial charge is 0.0547 e. The number of hydrogen-bond donors (Lipinski definition) is 0. The van der Waals surface area contributed by atoms with Gasteiger partial charge in [0.15, 0.2) is 0 Å². The molecule has 0 fully saturated rings. The van der Waals surface area contributed by atoms with Gasteiger partial charge in [0.05, 0.1) is 11.0 Å². The molecule has 2 aromatic heterocycles. The summed E-state index contributed by atoms with van der Waals surface area (Å²) >= 11 is 1.87. The van der Waals surface area contributed by atoms with Gasteiger partial charge in [-0.25, -0.2) is 0 Å².